The summed E-state index contributed by atoms with van der Waals surface area (Å²) in [5, 5.41) is 1.17. The SMILES string of the molecule is CC(C)c1n(CCCCCCCCCCCC(F)(F)C(F)(F)C(F)(F)C(F)(F)C(F)(F)F)cc[n+]1Cc1c(Cl)cccc1Cl.[Cl-]. The van der Waals surface area contributed by atoms with E-state index in [0.29, 0.717) is 29.4 Å². The van der Waals surface area contributed by atoms with Crippen molar-refractivity contribution in [3.8, 4) is 0 Å². The second-order valence-electron chi connectivity index (χ2n) is 11.2. The summed E-state index contributed by atoms with van der Waals surface area (Å²) in [7, 11) is 0. The maximum atomic E-state index is 13.7. The number of nitrogens with zero attached hydrogens (tertiary/aromatic N) is 2. The summed E-state index contributed by atoms with van der Waals surface area (Å²) in [4.78, 5) is 0. The van der Waals surface area contributed by atoms with Crippen molar-refractivity contribution in [3.63, 3.8) is 0 Å². The Hall–Kier alpha value is -1.47. The molecule has 0 unspecified atom stereocenters. The van der Waals surface area contributed by atoms with Gasteiger partial charge in [0.1, 0.15) is 18.9 Å². The molecule has 260 valence electrons. The zero-order valence-electron chi connectivity index (χ0n) is 24.6. The lowest BCUT2D eigenvalue weighted by molar-refractivity contribution is -0.696. The minimum absolute atomic E-state index is 0. The van der Waals surface area contributed by atoms with Crippen molar-refractivity contribution in [2.24, 2.45) is 0 Å². The number of aryl methyl sites for hydroxylation is 1. The van der Waals surface area contributed by atoms with Crippen molar-refractivity contribution < 1.29 is 65.3 Å². The second-order valence-corrected chi connectivity index (χ2v) is 12.0. The van der Waals surface area contributed by atoms with Gasteiger partial charge in [-0.25, -0.2) is 9.13 Å². The lowest BCUT2D eigenvalue weighted by atomic mass is 9.94. The third kappa shape index (κ3) is 9.78. The maximum absolute atomic E-state index is 13.7. The van der Waals surface area contributed by atoms with E-state index in [-0.39, 0.29) is 31.2 Å². The zero-order chi connectivity index (χ0) is 33.6. The van der Waals surface area contributed by atoms with Gasteiger partial charge in [-0.3, -0.25) is 0 Å². The normalized spacial score (nSPS) is 13.4. The van der Waals surface area contributed by atoms with E-state index in [2.05, 4.69) is 23.0 Å². The van der Waals surface area contributed by atoms with Gasteiger partial charge in [0.05, 0.1) is 12.5 Å². The Morgan fingerprint density at radius 2 is 1.16 bits per heavy atom. The molecule has 1 aromatic carbocycles. The molecule has 0 aliphatic rings. The molecule has 1 aromatic heterocycles. The van der Waals surface area contributed by atoms with Crippen LogP contribution < -0.4 is 17.0 Å². The number of hydrogen-bond donors (Lipinski definition) is 0. The lowest BCUT2D eigenvalue weighted by Crippen LogP contribution is -3.00. The van der Waals surface area contributed by atoms with E-state index in [1.165, 1.54) is 0 Å². The number of rotatable bonds is 18. The fourth-order valence-electron chi connectivity index (χ4n) is 4.95. The molecule has 0 saturated heterocycles. The highest BCUT2D eigenvalue weighted by Crippen LogP contribution is 2.58. The number of hydrogen-bond acceptors (Lipinski definition) is 0. The molecule has 0 amide bonds. The molecule has 0 radical (unpaired) electrons. The molecule has 0 aliphatic heterocycles. The predicted octanol–water partition coefficient (Wildman–Crippen LogP) is 8.26. The van der Waals surface area contributed by atoms with Gasteiger partial charge in [0.2, 0.25) is 0 Å². The Kier molecular flexibility index (Phi) is 15.3. The first kappa shape index (κ1) is 41.6. The third-order valence-corrected chi connectivity index (χ3v) is 8.12. The van der Waals surface area contributed by atoms with Crippen molar-refractivity contribution in [3.05, 3.63) is 52.0 Å². The minimum Gasteiger partial charge on any atom is -1.00 e. The van der Waals surface area contributed by atoms with Gasteiger partial charge >= 0.3 is 29.9 Å². The number of alkyl halides is 11. The van der Waals surface area contributed by atoms with Crippen LogP contribution in [0, 0.1) is 0 Å². The van der Waals surface area contributed by atoms with Crippen molar-refractivity contribution in [2.75, 3.05) is 0 Å². The van der Waals surface area contributed by atoms with Crippen molar-refractivity contribution in [1.82, 2.24) is 4.57 Å². The lowest BCUT2D eigenvalue weighted by Gasteiger charge is -2.37. The highest BCUT2D eigenvalue weighted by molar-refractivity contribution is 6.35. The van der Waals surface area contributed by atoms with Gasteiger partial charge in [-0.05, 0) is 31.4 Å². The molecule has 2 nitrogen and oxygen atoms in total. The van der Waals surface area contributed by atoms with E-state index in [9.17, 15) is 48.3 Å². The molecule has 0 bridgehead atoms. The number of unbranched alkanes of at least 4 members (excludes halogenated alkanes) is 8. The Balaban J connectivity index is 0.0000101. The monoisotopic (exact) mass is 726 g/mol. The second kappa shape index (κ2) is 16.6. The van der Waals surface area contributed by atoms with Gasteiger partial charge in [-0.2, -0.15) is 48.3 Å². The van der Waals surface area contributed by atoms with Crippen LogP contribution in [0.1, 0.15) is 95.4 Å². The predicted molar refractivity (Wildman–Crippen MR) is 146 cm³/mol. The molecule has 0 N–H and O–H groups in total. The summed E-state index contributed by atoms with van der Waals surface area (Å²) >= 11 is 12.7. The van der Waals surface area contributed by atoms with Gasteiger partial charge < -0.3 is 12.4 Å². The Bertz CT molecular complexity index is 1180. The summed E-state index contributed by atoms with van der Waals surface area (Å²) < 4.78 is 148. The van der Waals surface area contributed by atoms with Crippen molar-refractivity contribution in [2.45, 2.75) is 127 Å². The van der Waals surface area contributed by atoms with E-state index < -0.39 is 42.7 Å². The average molecular weight is 728 g/mol. The first-order valence-corrected chi connectivity index (χ1v) is 15.0. The van der Waals surface area contributed by atoms with Crippen molar-refractivity contribution >= 4 is 23.2 Å². The molecule has 1 heterocycles. The van der Waals surface area contributed by atoms with Crippen LogP contribution in [0.15, 0.2) is 30.6 Å². The van der Waals surface area contributed by atoms with E-state index in [4.69, 9.17) is 23.2 Å². The van der Waals surface area contributed by atoms with Crippen LogP contribution in [0.25, 0.3) is 0 Å². The van der Waals surface area contributed by atoms with Gasteiger partial charge in [-0.1, -0.05) is 81.6 Å². The topological polar surface area (TPSA) is 8.81 Å². The summed E-state index contributed by atoms with van der Waals surface area (Å²) in [6.45, 7) is 5.49. The molecule has 2 aromatic rings. The summed E-state index contributed by atoms with van der Waals surface area (Å²) in [6, 6.07) is 5.36. The first-order chi connectivity index (χ1) is 20.2. The van der Waals surface area contributed by atoms with Crippen LogP contribution in [0.4, 0.5) is 48.3 Å². The van der Waals surface area contributed by atoms with Crippen LogP contribution in [-0.2, 0) is 13.1 Å². The molecule has 0 spiro atoms. The fraction of sp³-hybridized carbons (Fsp3) is 0.690. The Morgan fingerprint density at radius 3 is 1.62 bits per heavy atom. The van der Waals surface area contributed by atoms with Crippen LogP contribution in [0.5, 0.6) is 0 Å². The van der Waals surface area contributed by atoms with Gasteiger partial charge in [0.15, 0.2) is 0 Å². The van der Waals surface area contributed by atoms with Crippen molar-refractivity contribution in [1.29, 1.82) is 0 Å². The Labute approximate surface area is 271 Å². The molecule has 0 saturated carbocycles. The molecule has 16 heteroatoms. The van der Waals surface area contributed by atoms with Gasteiger partial charge in [0.25, 0.3) is 5.82 Å². The Morgan fingerprint density at radius 1 is 0.689 bits per heavy atom. The molecule has 0 fully saturated rings. The average Bonchev–Trinajstić information content (AvgIpc) is 3.31. The van der Waals surface area contributed by atoms with E-state index in [1.54, 1.807) is 18.2 Å². The van der Waals surface area contributed by atoms with Gasteiger partial charge in [0, 0.05) is 22.0 Å². The summed E-state index contributed by atoms with van der Waals surface area (Å²) in [5.74, 6) is -26.0. The number of benzene rings is 1. The van der Waals surface area contributed by atoms with Gasteiger partial charge in [-0.15, -0.1) is 0 Å². The van der Waals surface area contributed by atoms with Crippen LogP contribution in [0.3, 0.4) is 0 Å². The van der Waals surface area contributed by atoms with E-state index in [0.717, 1.165) is 43.6 Å². The molecule has 45 heavy (non-hydrogen) atoms. The zero-order valence-corrected chi connectivity index (χ0v) is 26.9. The number of imidazole rings is 1. The molecular weight excluding hydrogens is 692 g/mol. The highest BCUT2D eigenvalue weighted by atomic mass is 35.5. The number of halogens is 14. The van der Waals surface area contributed by atoms with E-state index >= 15 is 0 Å². The largest absolute Gasteiger partial charge is 1.00 e. The van der Waals surface area contributed by atoms with E-state index in [1.807, 2.05) is 12.4 Å². The molecule has 0 atom stereocenters. The number of aromatic nitrogens is 2. The van der Waals surface area contributed by atoms with Crippen LogP contribution in [0.2, 0.25) is 10.0 Å². The first-order valence-electron chi connectivity index (χ1n) is 14.3. The molecular formula is C29H36Cl3F11N2. The van der Waals surface area contributed by atoms with Crippen LogP contribution >= 0.6 is 23.2 Å². The maximum Gasteiger partial charge on any atom is 0.460 e. The third-order valence-electron chi connectivity index (χ3n) is 7.42. The quantitative estimate of drug-likeness (QED) is 0.0831. The minimum atomic E-state index is -7.33. The van der Waals surface area contributed by atoms with Crippen LogP contribution in [-0.4, -0.2) is 34.4 Å². The summed E-state index contributed by atoms with van der Waals surface area (Å²) in [6.07, 6.45) is -0.950. The molecule has 0 aliphatic carbocycles. The summed E-state index contributed by atoms with van der Waals surface area (Å²) in [5.41, 5.74) is 0.833. The standard InChI is InChI=1S/C29H36Cl2F11N2.ClH/c1-20(2)24-43(17-18-44(24)19-21-22(30)13-12-14-23(21)31)16-11-9-7-5-3-4-6-8-10-15-25(32,33)26(34,35)27(36,37)28(38,39)29(40,41)42;/h12-14,17-18,20H,3-11,15-16,19H2,1-2H3;1H/q+1;/p-1. The molecule has 2 rings (SSSR count). The highest BCUT2D eigenvalue weighted by Gasteiger charge is 2.86. The smallest absolute Gasteiger partial charge is 0.460 e. The fourth-order valence-corrected chi connectivity index (χ4v) is 5.46.